The fourth-order valence-corrected chi connectivity index (χ4v) is 5.70. The molecule has 4 heteroatoms. The van der Waals surface area contributed by atoms with Crippen LogP contribution in [0.4, 0.5) is 0 Å². The first-order valence-electron chi connectivity index (χ1n) is 14.0. The van der Waals surface area contributed by atoms with E-state index in [2.05, 4.69) is 108 Å². The summed E-state index contributed by atoms with van der Waals surface area (Å²) in [6.07, 6.45) is 5.63. The van der Waals surface area contributed by atoms with Crippen LogP contribution in [0.25, 0.3) is 77.5 Å². The van der Waals surface area contributed by atoms with Crippen molar-refractivity contribution < 1.29 is 0 Å². The maximum Gasteiger partial charge on any atom is 0.159 e. The number of hydrogen-bond acceptors (Lipinski definition) is 4. The summed E-state index contributed by atoms with van der Waals surface area (Å²) in [7, 11) is 0. The Balaban J connectivity index is 1.16. The largest absolute Gasteiger partial charge is 0.254 e. The van der Waals surface area contributed by atoms with E-state index >= 15 is 0 Å². The summed E-state index contributed by atoms with van der Waals surface area (Å²) in [6.45, 7) is 0. The Labute approximate surface area is 243 Å². The molecule has 0 N–H and O–H groups in total. The smallest absolute Gasteiger partial charge is 0.159 e. The van der Waals surface area contributed by atoms with E-state index in [1.54, 1.807) is 0 Å². The van der Waals surface area contributed by atoms with E-state index in [1.807, 2.05) is 42.9 Å². The van der Waals surface area contributed by atoms with Gasteiger partial charge in [-0.15, -0.1) is 0 Å². The Morgan fingerprint density at radius 3 is 1.81 bits per heavy atom. The first-order valence-corrected chi connectivity index (χ1v) is 14.0. The van der Waals surface area contributed by atoms with Crippen LogP contribution >= 0.6 is 0 Å². The summed E-state index contributed by atoms with van der Waals surface area (Å²) in [6, 6.07) is 44.1. The fraction of sp³-hybridized carbons (Fsp3) is 0. The van der Waals surface area contributed by atoms with Gasteiger partial charge in [-0.05, 0) is 45.7 Å². The zero-order chi connectivity index (χ0) is 27.9. The molecule has 0 aliphatic rings. The minimum atomic E-state index is 0.720. The summed E-state index contributed by atoms with van der Waals surface area (Å²) in [4.78, 5) is 19.1. The zero-order valence-electron chi connectivity index (χ0n) is 22.6. The van der Waals surface area contributed by atoms with Crippen LogP contribution in [-0.4, -0.2) is 19.9 Å². The van der Waals surface area contributed by atoms with Gasteiger partial charge in [0.2, 0.25) is 0 Å². The molecule has 0 spiro atoms. The third-order valence-electron chi connectivity index (χ3n) is 7.85. The van der Waals surface area contributed by atoms with Gasteiger partial charge in [-0.25, -0.2) is 15.0 Å². The molecule has 5 aromatic carbocycles. The molecule has 0 saturated heterocycles. The highest BCUT2D eigenvalue weighted by atomic mass is 14.9. The molecule has 0 aliphatic heterocycles. The average molecular weight is 537 g/mol. The Bertz CT molecular complexity index is 2220. The average Bonchev–Trinajstić information content (AvgIpc) is 3.08. The first-order chi connectivity index (χ1) is 20.8. The van der Waals surface area contributed by atoms with Crippen LogP contribution in [0.3, 0.4) is 0 Å². The third-order valence-corrected chi connectivity index (χ3v) is 7.85. The van der Waals surface area contributed by atoms with Crippen molar-refractivity contribution in [3.8, 4) is 44.9 Å². The van der Waals surface area contributed by atoms with E-state index in [-0.39, 0.29) is 0 Å². The third kappa shape index (κ3) is 4.18. The summed E-state index contributed by atoms with van der Waals surface area (Å²) in [5.74, 6) is 0.720. The maximum atomic E-state index is 5.02. The topological polar surface area (TPSA) is 51.6 Å². The molecule has 42 heavy (non-hydrogen) atoms. The number of rotatable bonds is 4. The Morgan fingerprint density at radius 2 is 1.02 bits per heavy atom. The number of hydrogen-bond donors (Lipinski definition) is 0. The lowest BCUT2D eigenvalue weighted by Gasteiger charge is -2.12. The minimum Gasteiger partial charge on any atom is -0.254 e. The van der Waals surface area contributed by atoms with Gasteiger partial charge in [0.15, 0.2) is 5.82 Å². The van der Waals surface area contributed by atoms with Crippen LogP contribution in [0.15, 0.2) is 146 Å². The molecular weight excluding hydrogens is 512 g/mol. The molecule has 8 rings (SSSR count). The van der Waals surface area contributed by atoms with Crippen LogP contribution < -0.4 is 0 Å². The molecular formula is C38H24N4. The summed E-state index contributed by atoms with van der Waals surface area (Å²) < 4.78 is 0. The highest BCUT2D eigenvalue weighted by molar-refractivity contribution is 6.05. The lowest BCUT2D eigenvalue weighted by molar-refractivity contribution is 1.18. The predicted octanol–water partition coefficient (Wildman–Crippen LogP) is 9.39. The monoisotopic (exact) mass is 536 g/mol. The van der Waals surface area contributed by atoms with Crippen LogP contribution in [0.5, 0.6) is 0 Å². The maximum absolute atomic E-state index is 5.02. The van der Waals surface area contributed by atoms with Gasteiger partial charge in [-0.1, -0.05) is 109 Å². The second-order valence-corrected chi connectivity index (χ2v) is 10.4. The van der Waals surface area contributed by atoms with Crippen molar-refractivity contribution in [1.82, 2.24) is 19.9 Å². The lowest BCUT2D eigenvalue weighted by Crippen LogP contribution is -1.92. The van der Waals surface area contributed by atoms with Gasteiger partial charge in [-0.3, -0.25) is 4.98 Å². The molecule has 0 bridgehead atoms. The molecule has 0 atom stereocenters. The number of benzene rings is 5. The summed E-state index contributed by atoms with van der Waals surface area (Å²) >= 11 is 0. The molecule has 3 aromatic heterocycles. The van der Waals surface area contributed by atoms with Crippen LogP contribution in [0.2, 0.25) is 0 Å². The van der Waals surface area contributed by atoms with Crippen molar-refractivity contribution in [3.63, 3.8) is 0 Å². The normalized spacial score (nSPS) is 11.3. The molecule has 0 aliphatic carbocycles. The van der Waals surface area contributed by atoms with Crippen molar-refractivity contribution in [1.29, 1.82) is 0 Å². The second-order valence-electron chi connectivity index (χ2n) is 10.4. The van der Waals surface area contributed by atoms with Crippen LogP contribution in [-0.2, 0) is 0 Å². The van der Waals surface area contributed by atoms with Crippen molar-refractivity contribution in [2.24, 2.45) is 0 Å². The van der Waals surface area contributed by atoms with E-state index in [0.717, 1.165) is 66.5 Å². The Kier molecular flexibility index (Phi) is 5.75. The number of pyridine rings is 2. The van der Waals surface area contributed by atoms with Gasteiger partial charge in [0.05, 0.1) is 16.7 Å². The van der Waals surface area contributed by atoms with Gasteiger partial charge >= 0.3 is 0 Å². The quantitative estimate of drug-likeness (QED) is 0.210. The van der Waals surface area contributed by atoms with Gasteiger partial charge < -0.3 is 0 Å². The number of aromatic nitrogens is 4. The molecule has 0 unspecified atom stereocenters. The standard InChI is InChI=1S/C38H24N4/c1-2-7-25(8-3-1)30-23-40-38(41-24-30)34-20-19-31(32-10-4-5-11-33(32)34)26-12-14-27(15-13-26)35-21-18-29-17-16-28-9-6-22-39-36(28)37(29)42-35/h1-24H. The molecule has 0 saturated carbocycles. The lowest BCUT2D eigenvalue weighted by atomic mass is 9.94. The highest BCUT2D eigenvalue weighted by Gasteiger charge is 2.12. The van der Waals surface area contributed by atoms with Crippen molar-refractivity contribution in [3.05, 3.63) is 146 Å². The number of nitrogens with zero attached hydrogens (tertiary/aromatic N) is 4. The van der Waals surface area contributed by atoms with Gasteiger partial charge in [0.25, 0.3) is 0 Å². The zero-order valence-corrected chi connectivity index (χ0v) is 22.6. The van der Waals surface area contributed by atoms with Crippen LogP contribution in [0, 0.1) is 0 Å². The van der Waals surface area contributed by atoms with Gasteiger partial charge in [-0.2, -0.15) is 0 Å². The van der Waals surface area contributed by atoms with E-state index in [0.29, 0.717) is 0 Å². The first kappa shape index (κ1) is 24.1. The number of fused-ring (bicyclic) bond motifs is 4. The van der Waals surface area contributed by atoms with E-state index in [4.69, 9.17) is 15.0 Å². The van der Waals surface area contributed by atoms with E-state index in [1.165, 1.54) is 10.9 Å². The fourth-order valence-electron chi connectivity index (χ4n) is 5.70. The van der Waals surface area contributed by atoms with Crippen LogP contribution in [0.1, 0.15) is 0 Å². The Hall–Kier alpha value is -5.74. The van der Waals surface area contributed by atoms with E-state index < -0.39 is 0 Å². The van der Waals surface area contributed by atoms with Crippen molar-refractivity contribution in [2.75, 3.05) is 0 Å². The van der Waals surface area contributed by atoms with E-state index in [9.17, 15) is 0 Å². The molecule has 3 heterocycles. The summed E-state index contributed by atoms with van der Waals surface area (Å²) in [5, 5.41) is 4.48. The Morgan fingerprint density at radius 1 is 0.381 bits per heavy atom. The molecule has 0 fully saturated rings. The highest BCUT2D eigenvalue weighted by Crippen LogP contribution is 2.36. The second kappa shape index (κ2) is 10.0. The molecule has 8 aromatic rings. The van der Waals surface area contributed by atoms with Crippen molar-refractivity contribution >= 4 is 32.6 Å². The SMILES string of the molecule is c1ccc(-c2cnc(-c3ccc(-c4ccc(-c5ccc6ccc7cccnc7c6n5)cc4)c4ccccc34)nc2)cc1. The molecule has 4 nitrogen and oxygen atoms in total. The van der Waals surface area contributed by atoms with Gasteiger partial charge in [0, 0.05) is 46.1 Å². The summed E-state index contributed by atoms with van der Waals surface area (Å²) in [5.41, 5.74) is 9.31. The van der Waals surface area contributed by atoms with Crippen molar-refractivity contribution in [2.45, 2.75) is 0 Å². The molecule has 196 valence electrons. The molecule has 0 radical (unpaired) electrons. The minimum absolute atomic E-state index is 0.720. The predicted molar refractivity (Wildman–Crippen MR) is 172 cm³/mol. The molecule has 0 amide bonds. The van der Waals surface area contributed by atoms with Gasteiger partial charge in [0.1, 0.15) is 0 Å².